The molecule has 168 valence electrons. The van der Waals surface area contributed by atoms with E-state index in [-0.39, 0.29) is 17.6 Å². The fourth-order valence-electron chi connectivity index (χ4n) is 3.22. The highest BCUT2D eigenvalue weighted by Gasteiger charge is 2.20. The summed E-state index contributed by atoms with van der Waals surface area (Å²) in [5, 5.41) is 6.26. The normalized spacial score (nSPS) is 11.3. The van der Waals surface area contributed by atoms with Gasteiger partial charge in [-0.25, -0.2) is 4.98 Å². The van der Waals surface area contributed by atoms with E-state index in [9.17, 15) is 9.59 Å². The van der Waals surface area contributed by atoms with E-state index >= 15 is 0 Å². The van der Waals surface area contributed by atoms with Gasteiger partial charge in [0.1, 0.15) is 17.6 Å². The van der Waals surface area contributed by atoms with Crippen molar-refractivity contribution in [2.24, 2.45) is 5.10 Å². The zero-order valence-corrected chi connectivity index (χ0v) is 20.0. The lowest BCUT2D eigenvalue weighted by Gasteiger charge is -2.14. The van der Waals surface area contributed by atoms with Gasteiger partial charge in [0, 0.05) is 4.47 Å². The summed E-state index contributed by atoms with van der Waals surface area (Å²) in [5.74, 6) is 0.117. The van der Waals surface area contributed by atoms with Crippen LogP contribution in [0.15, 0.2) is 97.8 Å². The lowest BCUT2D eigenvalue weighted by molar-refractivity contribution is -0.120. The Bertz CT molecular complexity index is 1580. The van der Waals surface area contributed by atoms with Gasteiger partial charge in [0.25, 0.3) is 5.91 Å². The number of hydrogen-bond acceptors (Lipinski definition) is 7. The summed E-state index contributed by atoms with van der Waals surface area (Å²) < 4.78 is 13.0. The van der Waals surface area contributed by atoms with E-state index in [0.717, 1.165) is 19.7 Å². The van der Waals surface area contributed by atoms with Crippen molar-refractivity contribution < 1.29 is 13.9 Å². The SMILES string of the molecule is O=C(COc1ccccc1)N(/N=C/c1coc2ccccc2c1=O)c1nc2ccc(Br)cc2s1. The molecule has 0 atom stereocenters. The molecule has 0 radical (unpaired) electrons. The molecule has 7 nitrogen and oxygen atoms in total. The maximum absolute atomic E-state index is 13.1. The Morgan fingerprint density at radius 3 is 2.76 bits per heavy atom. The minimum absolute atomic E-state index is 0.212. The van der Waals surface area contributed by atoms with E-state index in [1.54, 1.807) is 36.4 Å². The fraction of sp³-hybridized carbons (Fsp3) is 0.0400. The van der Waals surface area contributed by atoms with Crippen molar-refractivity contribution in [3.63, 3.8) is 0 Å². The summed E-state index contributed by atoms with van der Waals surface area (Å²) in [7, 11) is 0. The Kier molecular flexibility index (Phi) is 6.20. The Hall–Kier alpha value is -3.82. The van der Waals surface area contributed by atoms with Crippen LogP contribution in [0.4, 0.5) is 5.13 Å². The van der Waals surface area contributed by atoms with E-state index in [1.807, 2.05) is 36.4 Å². The van der Waals surface area contributed by atoms with Crippen molar-refractivity contribution in [1.82, 2.24) is 4.98 Å². The maximum atomic E-state index is 13.1. The molecule has 0 N–H and O–H groups in total. The van der Waals surface area contributed by atoms with E-state index < -0.39 is 5.91 Å². The summed E-state index contributed by atoms with van der Waals surface area (Å²) >= 11 is 4.76. The van der Waals surface area contributed by atoms with Gasteiger partial charge in [0.05, 0.1) is 27.4 Å². The number of amides is 1. The quantitative estimate of drug-likeness (QED) is 0.209. The van der Waals surface area contributed by atoms with Crippen LogP contribution < -0.4 is 15.2 Å². The summed E-state index contributed by atoms with van der Waals surface area (Å²) in [6, 6.07) is 21.6. The number of anilines is 1. The van der Waals surface area contributed by atoms with Crippen LogP contribution in [0.1, 0.15) is 5.56 Å². The predicted octanol–water partition coefficient (Wildman–Crippen LogP) is 5.61. The number of rotatable bonds is 6. The van der Waals surface area contributed by atoms with Gasteiger partial charge in [-0.05, 0) is 42.5 Å². The van der Waals surface area contributed by atoms with Gasteiger partial charge in [0.2, 0.25) is 10.6 Å². The first-order valence-corrected chi connectivity index (χ1v) is 11.8. The van der Waals surface area contributed by atoms with Crippen LogP contribution in [0.25, 0.3) is 21.2 Å². The van der Waals surface area contributed by atoms with Gasteiger partial charge in [-0.2, -0.15) is 10.1 Å². The number of para-hydroxylation sites is 2. The largest absolute Gasteiger partial charge is 0.484 e. The van der Waals surface area contributed by atoms with E-state index in [1.165, 1.54) is 23.8 Å². The molecule has 5 aromatic rings. The second kappa shape index (κ2) is 9.58. The van der Waals surface area contributed by atoms with Crippen LogP contribution in [-0.2, 0) is 4.79 Å². The molecule has 5 rings (SSSR count). The zero-order chi connectivity index (χ0) is 23.5. The van der Waals surface area contributed by atoms with Crippen molar-refractivity contribution in [2.45, 2.75) is 0 Å². The molecule has 0 aliphatic rings. The van der Waals surface area contributed by atoms with Gasteiger partial charge in [-0.15, -0.1) is 0 Å². The molecule has 2 heterocycles. The highest BCUT2D eigenvalue weighted by molar-refractivity contribution is 9.10. The second-order valence-electron chi connectivity index (χ2n) is 7.18. The number of thiazole rings is 1. The molecule has 0 aliphatic heterocycles. The molecule has 0 saturated heterocycles. The van der Waals surface area contributed by atoms with Crippen molar-refractivity contribution in [3.05, 3.63) is 99.3 Å². The number of hydrazone groups is 1. The summed E-state index contributed by atoms with van der Waals surface area (Å²) in [4.78, 5) is 30.5. The molecule has 0 saturated carbocycles. The molecular formula is C25H16BrN3O4S. The Labute approximate surface area is 206 Å². The topological polar surface area (TPSA) is 85.0 Å². The highest BCUT2D eigenvalue weighted by Crippen LogP contribution is 2.31. The average molecular weight is 534 g/mol. The maximum Gasteiger partial charge on any atom is 0.287 e. The number of aromatic nitrogens is 1. The van der Waals surface area contributed by atoms with Crippen molar-refractivity contribution in [1.29, 1.82) is 0 Å². The zero-order valence-electron chi connectivity index (χ0n) is 17.6. The summed E-state index contributed by atoms with van der Waals surface area (Å²) in [6.45, 7) is -0.257. The predicted molar refractivity (Wildman–Crippen MR) is 137 cm³/mol. The first-order valence-electron chi connectivity index (χ1n) is 10.2. The number of hydrogen-bond donors (Lipinski definition) is 0. The van der Waals surface area contributed by atoms with Crippen molar-refractivity contribution in [3.8, 4) is 5.75 Å². The third-order valence-electron chi connectivity index (χ3n) is 4.88. The van der Waals surface area contributed by atoms with Crippen LogP contribution in [0, 0.1) is 0 Å². The summed E-state index contributed by atoms with van der Waals surface area (Å²) in [6.07, 6.45) is 2.63. The third-order valence-corrected chi connectivity index (χ3v) is 6.37. The van der Waals surface area contributed by atoms with Crippen molar-refractivity contribution >= 4 is 65.7 Å². The molecule has 0 bridgehead atoms. The van der Waals surface area contributed by atoms with Crippen LogP contribution >= 0.6 is 27.3 Å². The molecule has 0 spiro atoms. The number of nitrogens with zero attached hydrogens (tertiary/aromatic N) is 3. The van der Waals surface area contributed by atoms with Crippen LogP contribution in [-0.4, -0.2) is 23.7 Å². The monoisotopic (exact) mass is 533 g/mol. The van der Waals surface area contributed by atoms with Gasteiger partial charge in [-0.3, -0.25) is 9.59 Å². The molecule has 2 aromatic heterocycles. The lowest BCUT2D eigenvalue weighted by Crippen LogP contribution is -2.31. The van der Waals surface area contributed by atoms with Crippen LogP contribution in [0.3, 0.4) is 0 Å². The number of benzene rings is 3. The first kappa shape index (κ1) is 22.0. The highest BCUT2D eigenvalue weighted by atomic mass is 79.9. The van der Waals surface area contributed by atoms with Crippen molar-refractivity contribution in [2.75, 3.05) is 11.6 Å². The fourth-order valence-corrected chi connectivity index (χ4v) is 4.72. The second-order valence-corrected chi connectivity index (χ2v) is 9.10. The molecule has 1 amide bonds. The first-order chi connectivity index (χ1) is 16.6. The van der Waals surface area contributed by atoms with E-state index in [4.69, 9.17) is 9.15 Å². The number of halogens is 1. The smallest absolute Gasteiger partial charge is 0.287 e. The lowest BCUT2D eigenvalue weighted by atomic mass is 10.2. The van der Waals surface area contributed by atoms with Crippen LogP contribution in [0.5, 0.6) is 5.75 Å². The van der Waals surface area contributed by atoms with E-state index in [2.05, 4.69) is 26.0 Å². The standard InChI is InChI=1S/C25H16BrN3O4S/c26-17-10-11-20-22(12-17)34-25(28-20)29(23(30)15-32-18-6-2-1-3-7-18)27-13-16-14-33-21-9-5-4-8-19(21)24(16)31/h1-14H,15H2/b27-13+. The molecule has 34 heavy (non-hydrogen) atoms. The minimum atomic E-state index is -0.441. The Morgan fingerprint density at radius 2 is 1.91 bits per heavy atom. The van der Waals surface area contributed by atoms with Crippen LogP contribution in [0.2, 0.25) is 0 Å². The number of carbonyl (C=O) groups is 1. The number of ether oxygens (including phenoxy) is 1. The molecule has 9 heteroatoms. The minimum Gasteiger partial charge on any atom is -0.484 e. The van der Waals surface area contributed by atoms with Gasteiger partial charge in [0.15, 0.2) is 6.61 Å². The van der Waals surface area contributed by atoms with Gasteiger partial charge >= 0.3 is 0 Å². The molecular weight excluding hydrogens is 518 g/mol. The van der Waals surface area contributed by atoms with Gasteiger partial charge in [-0.1, -0.05) is 57.6 Å². The molecule has 0 fully saturated rings. The molecule has 0 aliphatic carbocycles. The third kappa shape index (κ3) is 4.61. The van der Waals surface area contributed by atoms with E-state index in [0.29, 0.717) is 21.9 Å². The number of carbonyl (C=O) groups excluding carboxylic acids is 1. The average Bonchev–Trinajstić information content (AvgIpc) is 3.27. The Balaban J connectivity index is 1.49. The Morgan fingerprint density at radius 1 is 1.12 bits per heavy atom. The van der Waals surface area contributed by atoms with Gasteiger partial charge < -0.3 is 9.15 Å². The number of fused-ring (bicyclic) bond motifs is 2. The summed E-state index contributed by atoms with van der Waals surface area (Å²) in [5.41, 5.74) is 1.17. The molecule has 3 aromatic carbocycles. The molecule has 0 unspecified atom stereocenters.